The molecule has 2 aliphatic rings. The van der Waals surface area contributed by atoms with Crippen LogP contribution in [0.1, 0.15) is 19.3 Å². The van der Waals surface area contributed by atoms with E-state index in [9.17, 15) is 4.79 Å². The zero-order chi connectivity index (χ0) is 12.8. The number of ether oxygens (including phenoxy) is 2. The summed E-state index contributed by atoms with van der Waals surface area (Å²) in [4.78, 5) is 16.3. The molecule has 104 valence electrons. The second kappa shape index (κ2) is 7.07. The van der Waals surface area contributed by atoms with Crippen LogP contribution in [0.5, 0.6) is 0 Å². The Bertz CT molecular complexity index is 267. The van der Waals surface area contributed by atoms with Gasteiger partial charge >= 0.3 is 0 Å². The third-order valence-corrected chi connectivity index (χ3v) is 3.68. The Balaban J connectivity index is 1.72. The van der Waals surface area contributed by atoms with Gasteiger partial charge in [0.2, 0.25) is 5.91 Å². The van der Waals surface area contributed by atoms with Gasteiger partial charge in [-0.15, -0.1) is 0 Å². The van der Waals surface area contributed by atoms with Gasteiger partial charge in [0.25, 0.3) is 0 Å². The van der Waals surface area contributed by atoms with E-state index in [-0.39, 0.29) is 12.0 Å². The lowest BCUT2D eigenvalue weighted by molar-refractivity contribution is -0.133. The van der Waals surface area contributed by atoms with Crippen LogP contribution in [0, 0.1) is 0 Å². The van der Waals surface area contributed by atoms with Crippen molar-refractivity contribution in [2.75, 3.05) is 53.0 Å². The Morgan fingerprint density at radius 1 is 1.33 bits per heavy atom. The SMILES string of the molecule is COCC[C@H]1CN(CC(=O)N2CCCC2)CCO1. The fourth-order valence-electron chi connectivity index (χ4n) is 2.61. The Kier molecular flexibility index (Phi) is 5.41. The van der Waals surface area contributed by atoms with Crippen molar-refractivity contribution in [2.45, 2.75) is 25.4 Å². The monoisotopic (exact) mass is 256 g/mol. The minimum atomic E-state index is 0.213. The minimum Gasteiger partial charge on any atom is -0.385 e. The summed E-state index contributed by atoms with van der Waals surface area (Å²) in [5.41, 5.74) is 0. The fraction of sp³-hybridized carbons (Fsp3) is 0.923. The average molecular weight is 256 g/mol. The van der Waals surface area contributed by atoms with Crippen molar-refractivity contribution in [2.24, 2.45) is 0 Å². The summed E-state index contributed by atoms with van der Waals surface area (Å²) in [6.45, 7) is 5.59. The summed E-state index contributed by atoms with van der Waals surface area (Å²) in [5, 5.41) is 0. The Hall–Kier alpha value is -0.650. The second-order valence-electron chi connectivity index (χ2n) is 5.10. The van der Waals surface area contributed by atoms with Gasteiger partial charge in [0.1, 0.15) is 0 Å². The first-order chi connectivity index (χ1) is 8.79. The van der Waals surface area contributed by atoms with Crippen LogP contribution in [0.15, 0.2) is 0 Å². The van der Waals surface area contributed by atoms with Crippen LogP contribution in [-0.2, 0) is 14.3 Å². The molecule has 0 aliphatic carbocycles. The van der Waals surface area contributed by atoms with Gasteiger partial charge in [0.15, 0.2) is 0 Å². The molecule has 0 bridgehead atoms. The Morgan fingerprint density at radius 2 is 2.11 bits per heavy atom. The van der Waals surface area contributed by atoms with Gasteiger partial charge in [-0.25, -0.2) is 0 Å². The van der Waals surface area contributed by atoms with Crippen LogP contribution in [0.25, 0.3) is 0 Å². The van der Waals surface area contributed by atoms with Gasteiger partial charge in [-0.2, -0.15) is 0 Å². The maximum atomic E-state index is 12.1. The van der Waals surface area contributed by atoms with E-state index in [4.69, 9.17) is 9.47 Å². The predicted molar refractivity (Wildman–Crippen MR) is 68.5 cm³/mol. The maximum absolute atomic E-state index is 12.1. The predicted octanol–water partition coefficient (Wildman–Crippen LogP) is 0.346. The van der Waals surface area contributed by atoms with E-state index >= 15 is 0 Å². The highest BCUT2D eigenvalue weighted by atomic mass is 16.5. The quantitative estimate of drug-likeness (QED) is 0.711. The zero-order valence-electron chi connectivity index (χ0n) is 11.3. The second-order valence-corrected chi connectivity index (χ2v) is 5.10. The molecule has 2 fully saturated rings. The number of morpholine rings is 1. The highest BCUT2D eigenvalue weighted by Gasteiger charge is 2.25. The van der Waals surface area contributed by atoms with E-state index in [1.807, 2.05) is 4.90 Å². The van der Waals surface area contributed by atoms with Gasteiger partial charge in [-0.05, 0) is 19.3 Å². The Labute approximate surface area is 109 Å². The van der Waals surface area contributed by atoms with E-state index < -0.39 is 0 Å². The van der Waals surface area contributed by atoms with Crippen LogP contribution < -0.4 is 0 Å². The number of rotatable bonds is 5. The highest BCUT2D eigenvalue weighted by Crippen LogP contribution is 2.11. The lowest BCUT2D eigenvalue weighted by Crippen LogP contribution is -2.47. The standard InChI is InChI=1S/C13H24N2O3/c1-17-8-4-12-10-14(7-9-18-12)11-13(16)15-5-2-3-6-15/h12H,2-11H2,1H3/t12-/m0/s1. The van der Waals surface area contributed by atoms with Crippen LogP contribution in [0.3, 0.4) is 0 Å². The maximum Gasteiger partial charge on any atom is 0.236 e. The summed E-state index contributed by atoms with van der Waals surface area (Å²) in [5.74, 6) is 0.278. The first-order valence-corrected chi connectivity index (χ1v) is 6.90. The Morgan fingerprint density at radius 3 is 2.83 bits per heavy atom. The number of methoxy groups -OCH3 is 1. The number of likely N-dealkylation sites (tertiary alicyclic amines) is 1. The van der Waals surface area contributed by atoms with E-state index in [1.54, 1.807) is 7.11 Å². The topological polar surface area (TPSA) is 42.0 Å². The number of hydrogen-bond donors (Lipinski definition) is 0. The van der Waals surface area contributed by atoms with Gasteiger partial charge in [0, 0.05) is 39.9 Å². The third kappa shape index (κ3) is 3.93. The van der Waals surface area contributed by atoms with Crippen LogP contribution in [0.2, 0.25) is 0 Å². The molecule has 0 saturated carbocycles. The smallest absolute Gasteiger partial charge is 0.236 e. The molecule has 0 N–H and O–H groups in total. The fourth-order valence-corrected chi connectivity index (χ4v) is 2.61. The van der Waals surface area contributed by atoms with Gasteiger partial charge in [-0.1, -0.05) is 0 Å². The molecule has 2 aliphatic heterocycles. The van der Waals surface area contributed by atoms with Crippen LogP contribution >= 0.6 is 0 Å². The first-order valence-electron chi connectivity index (χ1n) is 6.90. The van der Waals surface area contributed by atoms with E-state index in [0.717, 1.165) is 58.7 Å². The molecule has 0 aromatic carbocycles. The van der Waals surface area contributed by atoms with Crippen LogP contribution in [0.4, 0.5) is 0 Å². The largest absolute Gasteiger partial charge is 0.385 e. The van der Waals surface area contributed by atoms with Crippen molar-refractivity contribution in [3.8, 4) is 0 Å². The lowest BCUT2D eigenvalue weighted by Gasteiger charge is -2.33. The number of nitrogens with zero attached hydrogens (tertiary/aromatic N) is 2. The molecule has 5 heteroatoms. The van der Waals surface area contributed by atoms with Gasteiger partial charge in [-0.3, -0.25) is 9.69 Å². The molecule has 2 heterocycles. The molecule has 18 heavy (non-hydrogen) atoms. The molecule has 2 saturated heterocycles. The normalized spacial score (nSPS) is 25.6. The molecule has 2 rings (SSSR count). The molecule has 5 nitrogen and oxygen atoms in total. The van der Waals surface area contributed by atoms with Gasteiger partial charge in [0.05, 0.1) is 19.3 Å². The molecule has 0 aromatic heterocycles. The highest BCUT2D eigenvalue weighted by molar-refractivity contribution is 5.78. The number of amides is 1. The van der Waals surface area contributed by atoms with Crippen molar-refractivity contribution in [3.63, 3.8) is 0 Å². The number of carbonyl (C=O) groups excluding carboxylic acids is 1. The lowest BCUT2D eigenvalue weighted by atomic mass is 10.2. The van der Waals surface area contributed by atoms with Crippen molar-refractivity contribution in [3.05, 3.63) is 0 Å². The number of carbonyl (C=O) groups is 1. The van der Waals surface area contributed by atoms with Crippen molar-refractivity contribution >= 4 is 5.91 Å². The van der Waals surface area contributed by atoms with E-state index in [1.165, 1.54) is 0 Å². The minimum absolute atomic E-state index is 0.213. The molecule has 0 aromatic rings. The summed E-state index contributed by atoms with van der Waals surface area (Å²) < 4.78 is 10.7. The van der Waals surface area contributed by atoms with Crippen molar-refractivity contribution in [1.82, 2.24) is 9.80 Å². The summed E-state index contributed by atoms with van der Waals surface area (Å²) in [6, 6.07) is 0. The van der Waals surface area contributed by atoms with Gasteiger partial charge < -0.3 is 14.4 Å². The zero-order valence-corrected chi connectivity index (χ0v) is 11.3. The molecule has 1 amide bonds. The van der Waals surface area contributed by atoms with E-state index in [0.29, 0.717) is 6.54 Å². The third-order valence-electron chi connectivity index (χ3n) is 3.68. The molecule has 1 atom stereocenters. The summed E-state index contributed by atoms with van der Waals surface area (Å²) >= 11 is 0. The first kappa shape index (κ1) is 13.8. The molecule has 0 spiro atoms. The molecular weight excluding hydrogens is 232 g/mol. The van der Waals surface area contributed by atoms with Crippen molar-refractivity contribution in [1.29, 1.82) is 0 Å². The summed E-state index contributed by atoms with van der Waals surface area (Å²) in [6.07, 6.45) is 3.44. The molecular formula is C13H24N2O3. The molecule has 0 radical (unpaired) electrons. The average Bonchev–Trinajstić information content (AvgIpc) is 2.91. The van der Waals surface area contributed by atoms with Crippen molar-refractivity contribution < 1.29 is 14.3 Å². The molecule has 0 unspecified atom stereocenters. The number of hydrogen-bond acceptors (Lipinski definition) is 4. The van der Waals surface area contributed by atoms with E-state index in [2.05, 4.69) is 4.90 Å². The summed E-state index contributed by atoms with van der Waals surface area (Å²) in [7, 11) is 1.71. The van der Waals surface area contributed by atoms with Crippen LogP contribution in [-0.4, -0.2) is 74.9 Å².